The summed E-state index contributed by atoms with van der Waals surface area (Å²) in [6.07, 6.45) is 8.15. The van der Waals surface area contributed by atoms with E-state index in [4.69, 9.17) is 4.42 Å². The van der Waals surface area contributed by atoms with Gasteiger partial charge in [0, 0.05) is 6.54 Å². The first kappa shape index (κ1) is 22.2. The summed E-state index contributed by atoms with van der Waals surface area (Å²) in [4.78, 5) is 36.6. The van der Waals surface area contributed by atoms with Crippen molar-refractivity contribution in [3.05, 3.63) is 54.0 Å². The first-order valence-electron chi connectivity index (χ1n) is 10.1. The molecule has 7 nitrogen and oxygen atoms in total. The molecule has 0 radical (unpaired) electrons. The molecular formula is C22H29N3O4. The second kappa shape index (κ2) is 12.4. The fraction of sp³-hybridized carbons (Fsp3) is 0.409. The Labute approximate surface area is 171 Å². The van der Waals surface area contributed by atoms with Crippen LogP contribution < -0.4 is 16.0 Å². The minimum atomic E-state index is -0.790. The number of carbonyl (C=O) groups excluding carboxylic acids is 3. The van der Waals surface area contributed by atoms with Crippen molar-refractivity contribution in [2.24, 2.45) is 0 Å². The van der Waals surface area contributed by atoms with Gasteiger partial charge in [-0.2, -0.15) is 0 Å². The van der Waals surface area contributed by atoms with E-state index in [1.807, 2.05) is 0 Å². The second-order valence-electron chi connectivity index (χ2n) is 6.79. The average Bonchev–Trinajstić information content (AvgIpc) is 3.25. The summed E-state index contributed by atoms with van der Waals surface area (Å²) < 4.78 is 5.18. The zero-order chi connectivity index (χ0) is 20.9. The molecule has 0 aliphatic rings. The quantitative estimate of drug-likeness (QED) is 0.397. The highest BCUT2D eigenvalue weighted by Crippen LogP contribution is 2.15. The highest BCUT2D eigenvalue weighted by atomic mass is 16.3. The number of nitrogens with one attached hydrogen (secondary N) is 3. The van der Waals surface area contributed by atoms with Crippen molar-refractivity contribution in [2.45, 2.75) is 52.0 Å². The Morgan fingerprint density at radius 1 is 0.862 bits per heavy atom. The van der Waals surface area contributed by atoms with Crippen molar-refractivity contribution >= 4 is 23.4 Å². The fourth-order valence-corrected chi connectivity index (χ4v) is 2.83. The van der Waals surface area contributed by atoms with Crippen LogP contribution >= 0.6 is 0 Å². The Kier molecular flexibility index (Phi) is 9.48. The van der Waals surface area contributed by atoms with Gasteiger partial charge in [0.2, 0.25) is 0 Å². The van der Waals surface area contributed by atoms with Crippen LogP contribution in [0.2, 0.25) is 0 Å². The number of amides is 3. The number of anilines is 1. The largest absolute Gasteiger partial charge is 0.467 e. The summed E-state index contributed by atoms with van der Waals surface area (Å²) >= 11 is 0. The summed E-state index contributed by atoms with van der Waals surface area (Å²) in [7, 11) is 0. The lowest BCUT2D eigenvalue weighted by Crippen LogP contribution is -2.36. The predicted octanol–water partition coefficient (Wildman–Crippen LogP) is 3.62. The topological polar surface area (TPSA) is 100 Å². The molecule has 156 valence electrons. The maximum absolute atomic E-state index is 12.4. The van der Waals surface area contributed by atoms with Crippen molar-refractivity contribution in [3.8, 4) is 0 Å². The van der Waals surface area contributed by atoms with Gasteiger partial charge in [0.1, 0.15) is 5.76 Å². The Hall–Kier alpha value is -3.09. The minimum Gasteiger partial charge on any atom is -0.467 e. The lowest BCUT2D eigenvalue weighted by molar-refractivity contribution is -0.136. The SMILES string of the molecule is CCCCCCCCNC(=O)C(=O)Nc1ccccc1C(=O)NCc1ccco1. The molecule has 0 unspecified atom stereocenters. The van der Waals surface area contributed by atoms with Crippen LogP contribution in [-0.4, -0.2) is 24.3 Å². The van der Waals surface area contributed by atoms with E-state index < -0.39 is 11.8 Å². The van der Waals surface area contributed by atoms with Gasteiger partial charge in [-0.1, -0.05) is 51.2 Å². The number of rotatable bonds is 11. The van der Waals surface area contributed by atoms with E-state index in [1.165, 1.54) is 25.5 Å². The number of hydrogen-bond donors (Lipinski definition) is 3. The lowest BCUT2D eigenvalue weighted by atomic mass is 10.1. The van der Waals surface area contributed by atoms with Crippen molar-refractivity contribution in [3.63, 3.8) is 0 Å². The van der Waals surface area contributed by atoms with Crippen LogP contribution in [0.15, 0.2) is 47.1 Å². The molecule has 0 saturated carbocycles. The zero-order valence-corrected chi connectivity index (χ0v) is 16.8. The first-order valence-corrected chi connectivity index (χ1v) is 10.1. The standard InChI is InChI=1S/C22H29N3O4/c1-2-3-4-5-6-9-14-23-21(27)22(28)25-19-13-8-7-12-18(19)20(26)24-16-17-11-10-15-29-17/h7-8,10-13,15H,2-6,9,14,16H2,1H3,(H,23,27)(H,24,26)(H,25,28). The van der Waals surface area contributed by atoms with E-state index in [-0.39, 0.29) is 23.7 Å². The molecule has 0 aliphatic carbocycles. The Balaban J connectivity index is 1.80. The molecule has 1 aromatic carbocycles. The van der Waals surface area contributed by atoms with Crippen molar-refractivity contribution < 1.29 is 18.8 Å². The van der Waals surface area contributed by atoms with Gasteiger partial charge in [-0.3, -0.25) is 14.4 Å². The van der Waals surface area contributed by atoms with Crippen molar-refractivity contribution in [1.29, 1.82) is 0 Å². The lowest BCUT2D eigenvalue weighted by Gasteiger charge is -2.11. The summed E-state index contributed by atoms with van der Waals surface area (Å²) in [5, 5.41) is 7.86. The Morgan fingerprint density at radius 2 is 1.62 bits per heavy atom. The van der Waals surface area contributed by atoms with Crippen LogP contribution in [-0.2, 0) is 16.1 Å². The van der Waals surface area contributed by atoms with E-state index in [2.05, 4.69) is 22.9 Å². The summed E-state index contributed by atoms with van der Waals surface area (Å²) in [6.45, 7) is 2.86. The zero-order valence-electron chi connectivity index (χ0n) is 16.8. The highest BCUT2D eigenvalue weighted by molar-refractivity contribution is 6.40. The highest BCUT2D eigenvalue weighted by Gasteiger charge is 2.17. The maximum atomic E-state index is 12.4. The molecular weight excluding hydrogens is 370 g/mol. The molecule has 29 heavy (non-hydrogen) atoms. The van der Waals surface area contributed by atoms with Crippen molar-refractivity contribution in [1.82, 2.24) is 10.6 Å². The van der Waals surface area contributed by atoms with Gasteiger partial charge in [0.15, 0.2) is 0 Å². The van der Waals surface area contributed by atoms with E-state index in [0.717, 1.165) is 19.3 Å². The van der Waals surface area contributed by atoms with Crippen LogP contribution in [0.5, 0.6) is 0 Å². The fourth-order valence-electron chi connectivity index (χ4n) is 2.83. The molecule has 1 heterocycles. The molecule has 2 rings (SSSR count). The minimum absolute atomic E-state index is 0.229. The monoisotopic (exact) mass is 399 g/mol. The number of unbranched alkanes of at least 4 members (excludes halogenated alkanes) is 5. The molecule has 3 N–H and O–H groups in total. The van der Waals surface area contributed by atoms with Gasteiger partial charge in [0.05, 0.1) is 24.1 Å². The summed E-state index contributed by atoms with van der Waals surface area (Å²) in [5.41, 5.74) is 0.556. The molecule has 0 fully saturated rings. The number of hydrogen-bond acceptors (Lipinski definition) is 4. The van der Waals surface area contributed by atoms with Crippen LogP contribution in [0, 0.1) is 0 Å². The summed E-state index contributed by atoms with van der Waals surface area (Å²) in [5.74, 6) is -1.25. The third kappa shape index (κ3) is 7.81. The molecule has 3 amide bonds. The first-order chi connectivity index (χ1) is 14.1. The van der Waals surface area contributed by atoms with Gasteiger partial charge in [0.25, 0.3) is 5.91 Å². The van der Waals surface area contributed by atoms with Crippen LogP contribution in [0.3, 0.4) is 0 Å². The normalized spacial score (nSPS) is 10.4. The molecule has 0 atom stereocenters. The Morgan fingerprint density at radius 3 is 2.38 bits per heavy atom. The van der Waals surface area contributed by atoms with Crippen LogP contribution in [0.4, 0.5) is 5.69 Å². The number of benzene rings is 1. The van der Waals surface area contributed by atoms with E-state index in [9.17, 15) is 14.4 Å². The number of furan rings is 1. The second-order valence-corrected chi connectivity index (χ2v) is 6.79. The summed E-state index contributed by atoms with van der Waals surface area (Å²) in [6, 6.07) is 10.0. The van der Waals surface area contributed by atoms with E-state index >= 15 is 0 Å². The van der Waals surface area contributed by atoms with Gasteiger partial charge >= 0.3 is 11.8 Å². The average molecular weight is 399 g/mol. The van der Waals surface area contributed by atoms with Gasteiger partial charge < -0.3 is 20.4 Å². The maximum Gasteiger partial charge on any atom is 0.313 e. The number of para-hydroxylation sites is 1. The third-order valence-electron chi connectivity index (χ3n) is 4.45. The van der Waals surface area contributed by atoms with Gasteiger partial charge in [-0.15, -0.1) is 0 Å². The molecule has 0 saturated heterocycles. The molecule has 7 heteroatoms. The van der Waals surface area contributed by atoms with Gasteiger partial charge in [-0.25, -0.2) is 0 Å². The van der Waals surface area contributed by atoms with Gasteiger partial charge in [-0.05, 0) is 30.7 Å². The predicted molar refractivity (Wildman–Crippen MR) is 111 cm³/mol. The number of carbonyl (C=O) groups is 3. The third-order valence-corrected chi connectivity index (χ3v) is 4.45. The van der Waals surface area contributed by atoms with Crippen molar-refractivity contribution in [2.75, 3.05) is 11.9 Å². The van der Waals surface area contributed by atoms with E-state index in [0.29, 0.717) is 12.3 Å². The van der Waals surface area contributed by atoms with Crippen LogP contribution in [0.25, 0.3) is 0 Å². The molecule has 0 spiro atoms. The van der Waals surface area contributed by atoms with E-state index in [1.54, 1.807) is 36.4 Å². The Bertz CT molecular complexity index is 787. The molecule has 0 aliphatic heterocycles. The molecule has 2 aromatic rings. The molecule has 1 aromatic heterocycles. The molecule has 0 bridgehead atoms. The smallest absolute Gasteiger partial charge is 0.313 e. The van der Waals surface area contributed by atoms with Crippen LogP contribution in [0.1, 0.15) is 61.6 Å².